The molecule has 0 N–H and O–H groups in total. The van der Waals surface area contributed by atoms with E-state index in [2.05, 4.69) is 21.0 Å². The quantitative estimate of drug-likeness (QED) is 0.580. The van der Waals surface area contributed by atoms with Crippen molar-refractivity contribution in [3.8, 4) is 16.9 Å². The van der Waals surface area contributed by atoms with Gasteiger partial charge in [-0.05, 0) is 40.2 Å². The van der Waals surface area contributed by atoms with Crippen molar-refractivity contribution in [2.45, 2.75) is 0 Å². The molecule has 0 radical (unpaired) electrons. The first-order valence-electron chi connectivity index (χ1n) is 6.46. The van der Waals surface area contributed by atoms with E-state index in [0.29, 0.717) is 22.6 Å². The smallest absolute Gasteiger partial charge is 0.155 e. The molecule has 0 unspecified atom stereocenters. The molecule has 0 saturated carbocycles. The third-order valence-corrected chi connectivity index (χ3v) is 4.25. The Bertz CT molecular complexity index is 894. The monoisotopic (exact) mass is 396 g/mol. The number of rotatable bonds is 3. The van der Waals surface area contributed by atoms with Gasteiger partial charge in [0, 0.05) is 16.7 Å². The fraction of sp³-hybridized carbons (Fsp3) is 0. The first kappa shape index (κ1) is 15.8. The summed E-state index contributed by atoms with van der Waals surface area (Å²) in [6.45, 7) is 0. The van der Waals surface area contributed by atoms with Crippen LogP contribution < -0.4 is 0 Å². The van der Waals surface area contributed by atoms with E-state index < -0.39 is 11.6 Å². The van der Waals surface area contributed by atoms with Crippen LogP contribution >= 0.6 is 27.5 Å². The second kappa shape index (κ2) is 6.22. The van der Waals surface area contributed by atoms with E-state index in [4.69, 9.17) is 11.6 Å². The molecule has 3 rings (SSSR count). The Labute approximate surface area is 143 Å². The second-order valence-corrected chi connectivity index (χ2v) is 5.87. The number of carbonyl (C=O) groups is 1. The predicted molar refractivity (Wildman–Crippen MR) is 87.0 cm³/mol. The lowest BCUT2D eigenvalue weighted by Gasteiger charge is -2.04. The van der Waals surface area contributed by atoms with E-state index in [1.165, 1.54) is 10.7 Å². The zero-order valence-corrected chi connectivity index (χ0v) is 13.8. The summed E-state index contributed by atoms with van der Waals surface area (Å²) in [6, 6.07) is 9.86. The zero-order chi connectivity index (χ0) is 16.6. The summed E-state index contributed by atoms with van der Waals surface area (Å²) in [5.74, 6) is -1.48. The van der Waals surface area contributed by atoms with Crippen molar-refractivity contribution in [2.75, 3.05) is 0 Å². The van der Waals surface area contributed by atoms with Crippen molar-refractivity contribution < 1.29 is 13.6 Å². The SMILES string of the molecule is O=Cc1c(-c2ccc(Cl)cc2)nn(-c2ccc(F)cc2F)c1Br. The minimum absolute atomic E-state index is 0.0292. The van der Waals surface area contributed by atoms with Crippen molar-refractivity contribution in [1.82, 2.24) is 9.78 Å². The lowest BCUT2D eigenvalue weighted by atomic mass is 10.1. The Morgan fingerprint density at radius 3 is 2.43 bits per heavy atom. The van der Waals surface area contributed by atoms with Gasteiger partial charge in [-0.25, -0.2) is 13.5 Å². The van der Waals surface area contributed by atoms with Gasteiger partial charge < -0.3 is 0 Å². The Morgan fingerprint density at radius 2 is 1.83 bits per heavy atom. The first-order valence-corrected chi connectivity index (χ1v) is 7.63. The fourth-order valence-corrected chi connectivity index (χ4v) is 2.83. The topological polar surface area (TPSA) is 34.9 Å². The Morgan fingerprint density at radius 1 is 1.13 bits per heavy atom. The molecule has 2 aromatic carbocycles. The van der Waals surface area contributed by atoms with Crippen LogP contribution in [0.15, 0.2) is 47.1 Å². The van der Waals surface area contributed by atoms with Gasteiger partial charge in [-0.3, -0.25) is 4.79 Å². The van der Waals surface area contributed by atoms with E-state index >= 15 is 0 Å². The average molecular weight is 398 g/mol. The number of nitrogens with zero attached hydrogens (tertiary/aromatic N) is 2. The summed E-state index contributed by atoms with van der Waals surface area (Å²) in [7, 11) is 0. The number of aldehydes is 1. The highest BCUT2D eigenvalue weighted by atomic mass is 79.9. The molecule has 0 spiro atoms. The molecular weight excluding hydrogens is 390 g/mol. The van der Waals surface area contributed by atoms with Crippen LogP contribution in [-0.2, 0) is 0 Å². The number of aromatic nitrogens is 2. The Kier molecular flexibility index (Phi) is 4.28. The highest BCUT2D eigenvalue weighted by Gasteiger charge is 2.20. The van der Waals surface area contributed by atoms with Gasteiger partial charge in [-0.15, -0.1) is 0 Å². The molecule has 0 aliphatic rings. The summed E-state index contributed by atoms with van der Waals surface area (Å²) >= 11 is 9.10. The van der Waals surface area contributed by atoms with Crippen LogP contribution in [0.5, 0.6) is 0 Å². The van der Waals surface area contributed by atoms with Crippen LogP contribution in [0.2, 0.25) is 5.02 Å². The van der Waals surface area contributed by atoms with Crippen LogP contribution in [0, 0.1) is 11.6 Å². The van der Waals surface area contributed by atoms with Gasteiger partial charge in [-0.2, -0.15) is 5.10 Å². The van der Waals surface area contributed by atoms with E-state index in [1.54, 1.807) is 24.3 Å². The Hall–Kier alpha value is -2.05. The van der Waals surface area contributed by atoms with Gasteiger partial charge in [0.2, 0.25) is 0 Å². The molecule has 0 atom stereocenters. The van der Waals surface area contributed by atoms with E-state index in [9.17, 15) is 13.6 Å². The van der Waals surface area contributed by atoms with Crippen molar-refractivity contribution in [2.24, 2.45) is 0 Å². The molecular formula is C16H8BrClF2N2O. The van der Waals surface area contributed by atoms with Crippen LogP contribution in [0.1, 0.15) is 10.4 Å². The molecule has 0 saturated heterocycles. The lowest BCUT2D eigenvalue weighted by molar-refractivity contribution is 0.112. The summed E-state index contributed by atoms with van der Waals surface area (Å²) < 4.78 is 28.5. The zero-order valence-electron chi connectivity index (χ0n) is 11.4. The maximum atomic E-state index is 14.0. The minimum Gasteiger partial charge on any atom is -0.298 e. The molecule has 1 heterocycles. The second-order valence-electron chi connectivity index (χ2n) is 4.69. The number of benzene rings is 2. The molecule has 3 aromatic rings. The fourth-order valence-electron chi connectivity index (χ4n) is 2.15. The van der Waals surface area contributed by atoms with E-state index in [-0.39, 0.29) is 15.9 Å². The minimum atomic E-state index is -0.784. The summed E-state index contributed by atoms with van der Waals surface area (Å²) in [5.41, 5.74) is 1.31. The molecule has 0 aliphatic carbocycles. The predicted octanol–water partition coefficient (Wildman–Crippen LogP) is 5.05. The van der Waals surface area contributed by atoms with Gasteiger partial charge >= 0.3 is 0 Å². The lowest BCUT2D eigenvalue weighted by Crippen LogP contribution is -2.01. The van der Waals surface area contributed by atoms with Gasteiger partial charge in [0.15, 0.2) is 12.1 Å². The molecule has 3 nitrogen and oxygen atoms in total. The molecule has 7 heteroatoms. The third-order valence-electron chi connectivity index (χ3n) is 3.24. The molecule has 0 bridgehead atoms. The maximum absolute atomic E-state index is 14.0. The van der Waals surface area contributed by atoms with Gasteiger partial charge in [-0.1, -0.05) is 23.7 Å². The Balaban J connectivity index is 2.20. The van der Waals surface area contributed by atoms with E-state index in [1.807, 2.05) is 0 Å². The maximum Gasteiger partial charge on any atom is 0.155 e. The average Bonchev–Trinajstić information content (AvgIpc) is 2.85. The van der Waals surface area contributed by atoms with Crippen molar-refractivity contribution in [3.05, 3.63) is 69.3 Å². The van der Waals surface area contributed by atoms with Crippen molar-refractivity contribution in [1.29, 1.82) is 0 Å². The van der Waals surface area contributed by atoms with Gasteiger partial charge in [0.25, 0.3) is 0 Å². The molecule has 23 heavy (non-hydrogen) atoms. The largest absolute Gasteiger partial charge is 0.298 e. The summed E-state index contributed by atoms with van der Waals surface area (Å²) in [6.07, 6.45) is 0.624. The molecule has 116 valence electrons. The molecule has 0 fully saturated rings. The number of halogens is 4. The van der Waals surface area contributed by atoms with Gasteiger partial charge in [0.05, 0.1) is 5.56 Å². The highest BCUT2D eigenvalue weighted by Crippen LogP contribution is 2.31. The molecule has 1 aromatic heterocycles. The first-order chi connectivity index (χ1) is 11.0. The van der Waals surface area contributed by atoms with Crippen molar-refractivity contribution >= 4 is 33.8 Å². The van der Waals surface area contributed by atoms with Gasteiger partial charge in [0.1, 0.15) is 21.8 Å². The molecule has 0 aliphatic heterocycles. The standard InChI is InChI=1S/C16H8BrClF2N2O/c17-16-12(8-23)15(9-1-3-10(18)4-2-9)21-22(16)14-6-5-11(19)7-13(14)20/h1-8H. The number of hydrogen-bond acceptors (Lipinski definition) is 2. The van der Waals surface area contributed by atoms with Crippen LogP contribution in [0.3, 0.4) is 0 Å². The summed E-state index contributed by atoms with van der Waals surface area (Å²) in [4.78, 5) is 11.4. The van der Waals surface area contributed by atoms with Crippen LogP contribution in [0.4, 0.5) is 8.78 Å². The molecule has 0 amide bonds. The number of carbonyl (C=O) groups excluding carboxylic acids is 1. The van der Waals surface area contributed by atoms with E-state index in [0.717, 1.165) is 12.1 Å². The van der Waals surface area contributed by atoms with Crippen LogP contribution in [0.25, 0.3) is 16.9 Å². The summed E-state index contributed by atoms with van der Waals surface area (Å²) in [5, 5.41) is 4.82. The highest BCUT2D eigenvalue weighted by molar-refractivity contribution is 9.10. The third kappa shape index (κ3) is 2.92. The number of hydrogen-bond donors (Lipinski definition) is 0. The normalized spacial score (nSPS) is 10.8. The van der Waals surface area contributed by atoms with Crippen LogP contribution in [-0.4, -0.2) is 16.1 Å². The van der Waals surface area contributed by atoms with Crippen molar-refractivity contribution in [3.63, 3.8) is 0 Å².